The predicted octanol–water partition coefficient (Wildman–Crippen LogP) is 8.29. The Morgan fingerprint density at radius 1 is 1.06 bits per heavy atom. The first-order valence-electron chi connectivity index (χ1n) is 10.3. The summed E-state index contributed by atoms with van der Waals surface area (Å²) in [7, 11) is -1.23. The van der Waals surface area contributed by atoms with E-state index in [1.807, 2.05) is 10.8 Å². The molecule has 0 N–H and O–H groups in total. The highest BCUT2D eigenvalue weighted by Crippen LogP contribution is 2.37. The number of benzene rings is 2. The maximum absolute atomic E-state index is 13.9. The molecule has 1 heterocycles. The standard InChI is InChI=1S/C23H25Cl2F2IN2OSSi/c1-32-23-21(28)29-22(30(23)13-31-9-10-33(2,3)4)20(14-5-7-18(26)16(24)11-14)15-6-8-19(27)17(25)12-15/h5-8,11-12,20H,9-10,13H2,1-4H3. The maximum Gasteiger partial charge on any atom is 0.141 e. The van der Waals surface area contributed by atoms with Crippen molar-refractivity contribution in [2.75, 3.05) is 12.9 Å². The molecule has 0 aliphatic heterocycles. The normalized spacial score (nSPS) is 12.1. The molecule has 0 aliphatic carbocycles. The Labute approximate surface area is 222 Å². The largest absolute Gasteiger partial charge is 0.361 e. The van der Waals surface area contributed by atoms with Gasteiger partial charge in [-0.05, 0) is 70.3 Å². The van der Waals surface area contributed by atoms with Crippen LogP contribution in [-0.2, 0) is 11.5 Å². The van der Waals surface area contributed by atoms with Crippen LogP contribution >= 0.6 is 57.6 Å². The molecule has 0 radical (unpaired) electrons. The molecule has 0 saturated heterocycles. The predicted molar refractivity (Wildman–Crippen MR) is 145 cm³/mol. The second-order valence-corrected chi connectivity index (χ2v) is 17.1. The SMILES string of the molecule is CSc1c(I)nc(C(c2ccc(F)c(Cl)c2)c2ccc(F)c(Cl)c2)n1COCC[Si](C)(C)C. The van der Waals surface area contributed by atoms with Crippen molar-refractivity contribution < 1.29 is 13.5 Å². The Morgan fingerprint density at radius 3 is 2.06 bits per heavy atom. The fourth-order valence-corrected chi connectivity index (χ4v) is 6.29. The van der Waals surface area contributed by atoms with Crippen molar-refractivity contribution in [3.05, 3.63) is 78.7 Å². The molecule has 10 heteroatoms. The van der Waals surface area contributed by atoms with Gasteiger partial charge >= 0.3 is 0 Å². The van der Waals surface area contributed by atoms with Gasteiger partial charge in [-0.3, -0.25) is 4.57 Å². The zero-order valence-electron chi connectivity index (χ0n) is 18.8. The third-order valence-electron chi connectivity index (χ3n) is 5.13. The first-order chi connectivity index (χ1) is 15.5. The van der Waals surface area contributed by atoms with Crippen molar-refractivity contribution in [2.45, 2.75) is 43.4 Å². The van der Waals surface area contributed by atoms with Crippen molar-refractivity contribution in [3.63, 3.8) is 0 Å². The number of imidazole rings is 1. The van der Waals surface area contributed by atoms with E-state index >= 15 is 0 Å². The van der Waals surface area contributed by atoms with Gasteiger partial charge in [0.1, 0.15) is 32.9 Å². The molecule has 3 aromatic rings. The molecule has 0 bridgehead atoms. The molecular formula is C23H25Cl2F2IN2OSSi. The number of nitrogens with zero attached hydrogens (tertiary/aromatic N) is 2. The summed E-state index contributed by atoms with van der Waals surface area (Å²) in [6, 6.07) is 10.2. The molecule has 0 aliphatic rings. The van der Waals surface area contributed by atoms with Crippen LogP contribution in [0.25, 0.3) is 0 Å². The first-order valence-corrected chi connectivity index (χ1v) is 17.1. The van der Waals surface area contributed by atoms with Crippen LogP contribution in [0.1, 0.15) is 22.9 Å². The van der Waals surface area contributed by atoms with Gasteiger partial charge in [0, 0.05) is 14.7 Å². The highest BCUT2D eigenvalue weighted by molar-refractivity contribution is 14.1. The maximum atomic E-state index is 13.9. The lowest BCUT2D eigenvalue weighted by Gasteiger charge is -2.22. The molecule has 0 fully saturated rings. The van der Waals surface area contributed by atoms with Gasteiger partial charge in [0.05, 0.1) is 16.0 Å². The van der Waals surface area contributed by atoms with Gasteiger partial charge in [-0.1, -0.05) is 55.0 Å². The second-order valence-electron chi connectivity index (χ2n) is 8.83. The second kappa shape index (κ2) is 11.4. The van der Waals surface area contributed by atoms with Crippen LogP contribution < -0.4 is 0 Å². The monoisotopic (exact) mass is 640 g/mol. The van der Waals surface area contributed by atoms with Crippen LogP contribution in [-0.4, -0.2) is 30.5 Å². The summed E-state index contributed by atoms with van der Waals surface area (Å²) < 4.78 is 36.8. The Kier molecular flexibility index (Phi) is 9.30. The van der Waals surface area contributed by atoms with E-state index in [9.17, 15) is 8.78 Å². The third-order valence-corrected chi connectivity index (χ3v) is 9.34. The Bertz CT molecular complexity index is 1090. The molecule has 0 spiro atoms. The lowest BCUT2D eigenvalue weighted by atomic mass is 9.90. The lowest BCUT2D eigenvalue weighted by Crippen LogP contribution is -2.22. The fraction of sp³-hybridized carbons (Fsp3) is 0.348. The number of thioether (sulfide) groups is 1. The van der Waals surface area contributed by atoms with E-state index in [-0.39, 0.29) is 10.0 Å². The number of hydrogen-bond acceptors (Lipinski definition) is 3. The van der Waals surface area contributed by atoms with Crippen molar-refractivity contribution in [1.29, 1.82) is 0 Å². The van der Waals surface area contributed by atoms with Gasteiger partial charge < -0.3 is 4.74 Å². The molecule has 0 unspecified atom stereocenters. The number of ether oxygens (including phenoxy) is 1. The van der Waals surface area contributed by atoms with Crippen LogP contribution in [0, 0.1) is 15.3 Å². The number of aromatic nitrogens is 2. The van der Waals surface area contributed by atoms with Crippen molar-refractivity contribution >= 4 is 65.6 Å². The third kappa shape index (κ3) is 6.73. The summed E-state index contributed by atoms with van der Waals surface area (Å²) in [5.74, 6) is -0.763. The molecule has 3 rings (SSSR count). The van der Waals surface area contributed by atoms with Crippen LogP contribution in [0.2, 0.25) is 35.7 Å². The molecule has 33 heavy (non-hydrogen) atoms. The Morgan fingerprint density at radius 2 is 1.61 bits per heavy atom. The van der Waals surface area contributed by atoms with Crippen LogP contribution in [0.15, 0.2) is 41.4 Å². The van der Waals surface area contributed by atoms with E-state index in [2.05, 4.69) is 42.2 Å². The highest BCUT2D eigenvalue weighted by atomic mass is 127. The van der Waals surface area contributed by atoms with E-state index in [1.165, 1.54) is 12.1 Å². The topological polar surface area (TPSA) is 27.1 Å². The summed E-state index contributed by atoms with van der Waals surface area (Å²) in [4.78, 5) is 4.85. The fourth-order valence-electron chi connectivity index (χ4n) is 3.37. The minimum Gasteiger partial charge on any atom is -0.361 e. The summed E-state index contributed by atoms with van der Waals surface area (Å²) in [5, 5.41) is 0.981. The van der Waals surface area contributed by atoms with Gasteiger partial charge in [0.25, 0.3) is 0 Å². The Hall–Kier alpha value is -0.653. The summed E-state index contributed by atoms with van der Waals surface area (Å²) in [6.07, 6.45) is 1.99. The summed E-state index contributed by atoms with van der Waals surface area (Å²) in [5.41, 5.74) is 1.45. The molecule has 2 aromatic carbocycles. The van der Waals surface area contributed by atoms with Gasteiger partial charge in [-0.15, -0.1) is 11.8 Å². The molecule has 0 atom stereocenters. The van der Waals surface area contributed by atoms with Gasteiger partial charge in [0.15, 0.2) is 0 Å². The van der Waals surface area contributed by atoms with Crippen molar-refractivity contribution in [2.24, 2.45) is 0 Å². The van der Waals surface area contributed by atoms with Crippen LogP contribution in [0.3, 0.4) is 0 Å². The van der Waals surface area contributed by atoms with Gasteiger partial charge in [-0.25, -0.2) is 13.8 Å². The highest BCUT2D eigenvalue weighted by Gasteiger charge is 2.27. The average molecular weight is 641 g/mol. The van der Waals surface area contributed by atoms with Crippen LogP contribution in [0.5, 0.6) is 0 Å². The zero-order valence-corrected chi connectivity index (χ0v) is 24.2. The van der Waals surface area contributed by atoms with Crippen molar-refractivity contribution in [3.8, 4) is 0 Å². The zero-order chi connectivity index (χ0) is 24.3. The van der Waals surface area contributed by atoms with Crippen LogP contribution in [0.4, 0.5) is 8.78 Å². The summed E-state index contributed by atoms with van der Waals surface area (Å²) >= 11 is 16.0. The minimum absolute atomic E-state index is 0.00925. The minimum atomic E-state index is -1.23. The van der Waals surface area contributed by atoms with E-state index in [0.29, 0.717) is 19.2 Å². The molecular weight excluding hydrogens is 616 g/mol. The van der Waals surface area contributed by atoms with Gasteiger partial charge in [0.2, 0.25) is 0 Å². The summed E-state index contributed by atoms with van der Waals surface area (Å²) in [6.45, 7) is 7.91. The van der Waals surface area contributed by atoms with E-state index in [0.717, 1.165) is 25.9 Å². The van der Waals surface area contributed by atoms with Gasteiger partial charge in [-0.2, -0.15) is 0 Å². The number of hydrogen-bond donors (Lipinski definition) is 0. The Balaban J connectivity index is 2.11. The van der Waals surface area contributed by atoms with E-state index in [4.69, 9.17) is 32.9 Å². The first kappa shape index (κ1) is 26.9. The molecule has 1 aromatic heterocycles. The smallest absolute Gasteiger partial charge is 0.141 e. The lowest BCUT2D eigenvalue weighted by molar-refractivity contribution is 0.0795. The molecule has 3 nitrogen and oxygen atoms in total. The quantitative estimate of drug-likeness (QED) is 0.102. The molecule has 0 saturated carbocycles. The van der Waals surface area contributed by atoms with Crippen molar-refractivity contribution in [1.82, 2.24) is 9.55 Å². The molecule has 0 amide bonds. The van der Waals surface area contributed by atoms with E-state index < -0.39 is 25.6 Å². The van der Waals surface area contributed by atoms with E-state index in [1.54, 1.807) is 36.0 Å². The molecule has 178 valence electrons. The number of rotatable bonds is 9. The average Bonchev–Trinajstić information content (AvgIpc) is 3.05. The number of halogens is 5.